The summed E-state index contributed by atoms with van der Waals surface area (Å²) < 4.78 is 3.29. The van der Waals surface area contributed by atoms with Crippen LogP contribution in [0.25, 0.3) is 11.0 Å². The Labute approximate surface area is 163 Å². The number of phenols is 1. The maximum atomic E-state index is 13.3. The number of hydrogen-bond acceptors (Lipinski definition) is 3. The van der Waals surface area contributed by atoms with Crippen molar-refractivity contribution in [2.24, 2.45) is 0 Å². The van der Waals surface area contributed by atoms with E-state index >= 15 is 0 Å². The zero-order chi connectivity index (χ0) is 20.4. The van der Waals surface area contributed by atoms with Gasteiger partial charge in [-0.15, -0.1) is 0 Å². The lowest BCUT2D eigenvalue weighted by Crippen LogP contribution is -2.29. The van der Waals surface area contributed by atoms with Crippen molar-refractivity contribution in [1.29, 1.82) is 0 Å². The summed E-state index contributed by atoms with van der Waals surface area (Å²) in [6.07, 6.45) is 1.31. The number of carbonyl (C=O) groups is 1. The minimum atomic E-state index is -0.915. The van der Waals surface area contributed by atoms with E-state index in [0.29, 0.717) is 13.0 Å². The molecule has 3 aromatic rings. The number of nitrogens with zero attached hydrogens (tertiary/aromatic N) is 2. The highest BCUT2D eigenvalue weighted by molar-refractivity contribution is 5.77. The molecule has 3 rings (SSSR count). The number of carboxylic acids is 1. The molecule has 0 saturated carbocycles. The molecule has 0 aliphatic rings. The number of aromatic hydroxyl groups is 1. The van der Waals surface area contributed by atoms with Crippen molar-refractivity contribution in [2.75, 3.05) is 0 Å². The van der Waals surface area contributed by atoms with Gasteiger partial charge in [0.1, 0.15) is 5.75 Å². The number of aromatic nitrogens is 2. The number of carboxylic acid groups (broad SMARTS) is 1. The summed E-state index contributed by atoms with van der Waals surface area (Å²) in [6, 6.07) is 10.7. The predicted molar refractivity (Wildman–Crippen MR) is 109 cm³/mol. The Kier molecular flexibility index (Phi) is 5.58. The smallest absolute Gasteiger partial charge is 0.329 e. The average Bonchev–Trinajstić information content (AvgIpc) is 2.90. The van der Waals surface area contributed by atoms with Gasteiger partial charge in [0.2, 0.25) is 0 Å². The van der Waals surface area contributed by atoms with Crippen molar-refractivity contribution < 1.29 is 15.0 Å². The van der Waals surface area contributed by atoms with E-state index in [9.17, 15) is 19.8 Å². The van der Waals surface area contributed by atoms with Crippen LogP contribution in [0.3, 0.4) is 0 Å². The van der Waals surface area contributed by atoms with Gasteiger partial charge in [0.25, 0.3) is 0 Å². The minimum Gasteiger partial charge on any atom is -0.508 e. The monoisotopic (exact) mass is 382 g/mol. The van der Waals surface area contributed by atoms with Gasteiger partial charge in [-0.3, -0.25) is 13.9 Å². The summed E-state index contributed by atoms with van der Waals surface area (Å²) in [5.41, 5.74) is 3.81. The van der Waals surface area contributed by atoms with Crippen LogP contribution in [0.1, 0.15) is 48.9 Å². The van der Waals surface area contributed by atoms with E-state index in [4.69, 9.17) is 0 Å². The number of aliphatic carboxylic acids is 1. The van der Waals surface area contributed by atoms with Crippen LogP contribution in [0.5, 0.6) is 5.75 Å². The molecule has 0 radical (unpaired) electrons. The van der Waals surface area contributed by atoms with Crippen LogP contribution in [0.15, 0.2) is 41.2 Å². The van der Waals surface area contributed by atoms with Gasteiger partial charge < -0.3 is 10.2 Å². The number of para-hydroxylation sites is 2. The van der Waals surface area contributed by atoms with E-state index in [1.165, 1.54) is 0 Å². The zero-order valence-corrected chi connectivity index (χ0v) is 16.5. The fraction of sp³-hybridized carbons (Fsp3) is 0.364. The molecule has 1 atom stereocenters. The first kappa shape index (κ1) is 19.7. The van der Waals surface area contributed by atoms with Gasteiger partial charge in [-0.25, -0.2) is 4.79 Å². The summed E-state index contributed by atoms with van der Waals surface area (Å²) in [4.78, 5) is 24.7. The molecule has 0 aliphatic heterocycles. The lowest BCUT2D eigenvalue weighted by molar-refractivity contribution is -0.137. The first-order valence-corrected chi connectivity index (χ1v) is 9.54. The molecule has 148 valence electrons. The summed E-state index contributed by atoms with van der Waals surface area (Å²) >= 11 is 0. The molecule has 0 bridgehead atoms. The van der Waals surface area contributed by atoms with Crippen LogP contribution >= 0.6 is 0 Å². The van der Waals surface area contributed by atoms with E-state index in [1.807, 2.05) is 51.1 Å². The van der Waals surface area contributed by atoms with E-state index in [2.05, 4.69) is 0 Å². The van der Waals surface area contributed by atoms with Crippen LogP contribution in [-0.2, 0) is 11.3 Å². The van der Waals surface area contributed by atoms with Gasteiger partial charge in [0.05, 0.1) is 24.0 Å². The molecule has 0 saturated heterocycles. The molecule has 28 heavy (non-hydrogen) atoms. The third-order valence-electron chi connectivity index (χ3n) is 5.23. The van der Waals surface area contributed by atoms with Gasteiger partial charge in [0.15, 0.2) is 0 Å². The molecule has 0 amide bonds. The molecule has 1 aromatic heterocycles. The number of aryl methyl sites for hydroxylation is 1. The third-order valence-corrected chi connectivity index (χ3v) is 5.23. The van der Waals surface area contributed by atoms with Gasteiger partial charge in [0, 0.05) is 6.04 Å². The third kappa shape index (κ3) is 3.67. The molecule has 0 aliphatic carbocycles. The summed E-state index contributed by atoms with van der Waals surface area (Å²) in [5.74, 6) is -0.705. The second-order valence-corrected chi connectivity index (χ2v) is 7.34. The highest BCUT2D eigenvalue weighted by atomic mass is 16.4. The van der Waals surface area contributed by atoms with Crippen molar-refractivity contribution in [3.8, 4) is 5.75 Å². The summed E-state index contributed by atoms with van der Waals surface area (Å²) in [6.45, 7) is 6.04. The molecular weight excluding hydrogens is 356 g/mol. The Bertz CT molecular complexity index is 1080. The Hall–Kier alpha value is -3.02. The number of imidazole rings is 1. The lowest BCUT2D eigenvalue weighted by atomic mass is 10.0. The fourth-order valence-electron chi connectivity index (χ4n) is 3.84. The van der Waals surface area contributed by atoms with Crippen molar-refractivity contribution in [3.63, 3.8) is 0 Å². The highest BCUT2D eigenvalue weighted by Crippen LogP contribution is 2.26. The minimum absolute atomic E-state index is 0.0913. The number of benzene rings is 2. The van der Waals surface area contributed by atoms with Crippen molar-refractivity contribution in [3.05, 3.63) is 63.6 Å². The molecular formula is C22H26N2O4. The molecule has 6 nitrogen and oxygen atoms in total. The Morgan fingerprint density at radius 2 is 1.82 bits per heavy atom. The number of hydrogen-bond donors (Lipinski definition) is 2. The van der Waals surface area contributed by atoms with Crippen LogP contribution in [0.4, 0.5) is 0 Å². The van der Waals surface area contributed by atoms with E-state index in [-0.39, 0.29) is 17.9 Å². The SMILES string of the molecule is CCCC(CC(=O)O)n1c(=O)n(Cc2cc(C)cc(O)c2C)c2ccccc21. The lowest BCUT2D eigenvalue weighted by Gasteiger charge is -2.16. The van der Waals surface area contributed by atoms with Crippen LogP contribution in [0, 0.1) is 13.8 Å². The second-order valence-electron chi connectivity index (χ2n) is 7.34. The highest BCUT2D eigenvalue weighted by Gasteiger charge is 2.22. The second kappa shape index (κ2) is 7.92. The predicted octanol–water partition coefficient (Wildman–Crippen LogP) is 3.99. The summed E-state index contributed by atoms with van der Waals surface area (Å²) in [7, 11) is 0. The standard InChI is InChI=1S/C22H26N2O4/c1-4-7-17(12-21(26)27)24-19-9-6-5-8-18(19)23(22(24)28)13-16-10-14(2)11-20(25)15(16)3/h5-6,8-11,17,25H,4,7,12-13H2,1-3H3,(H,26,27). The van der Waals surface area contributed by atoms with Gasteiger partial charge >= 0.3 is 11.7 Å². The Morgan fingerprint density at radius 3 is 2.46 bits per heavy atom. The zero-order valence-electron chi connectivity index (χ0n) is 16.5. The van der Waals surface area contributed by atoms with E-state index in [1.54, 1.807) is 15.2 Å². The van der Waals surface area contributed by atoms with Crippen molar-refractivity contribution in [1.82, 2.24) is 9.13 Å². The van der Waals surface area contributed by atoms with E-state index < -0.39 is 12.0 Å². The first-order chi connectivity index (χ1) is 13.3. The van der Waals surface area contributed by atoms with Crippen LogP contribution < -0.4 is 5.69 Å². The van der Waals surface area contributed by atoms with E-state index in [0.717, 1.165) is 34.1 Å². The van der Waals surface area contributed by atoms with Crippen LogP contribution in [-0.4, -0.2) is 25.3 Å². The number of rotatable bonds is 7. The number of fused-ring (bicyclic) bond motifs is 1. The molecule has 1 unspecified atom stereocenters. The van der Waals surface area contributed by atoms with Crippen molar-refractivity contribution in [2.45, 2.75) is 52.6 Å². The summed E-state index contributed by atoms with van der Waals surface area (Å²) in [5, 5.41) is 19.5. The quantitative estimate of drug-likeness (QED) is 0.647. The van der Waals surface area contributed by atoms with Crippen molar-refractivity contribution >= 4 is 17.0 Å². The molecule has 0 fully saturated rings. The van der Waals surface area contributed by atoms with Crippen LogP contribution in [0.2, 0.25) is 0 Å². The molecule has 6 heteroatoms. The number of phenolic OH excluding ortho intramolecular Hbond substituents is 1. The van der Waals surface area contributed by atoms with Gasteiger partial charge in [-0.05, 0) is 55.2 Å². The maximum absolute atomic E-state index is 13.3. The molecule has 1 heterocycles. The molecule has 2 N–H and O–H groups in total. The van der Waals surface area contributed by atoms with Gasteiger partial charge in [-0.1, -0.05) is 31.5 Å². The molecule has 0 spiro atoms. The Morgan fingerprint density at radius 1 is 1.14 bits per heavy atom. The van der Waals surface area contributed by atoms with Gasteiger partial charge in [-0.2, -0.15) is 0 Å². The first-order valence-electron chi connectivity index (χ1n) is 9.54. The fourth-order valence-corrected chi connectivity index (χ4v) is 3.84. The average molecular weight is 382 g/mol. The Balaban J connectivity index is 2.18. The largest absolute Gasteiger partial charge is 0.508 e. The molecule has 2 aromatic carbocycles. The topological polar surface area (TPSA) is 84.5 Å². The maximum Gasteiger partial charge on any atom is 0.329 e. The normalized spacial score (nSPS) is 12.4.